The van der Waals surface area contributed by atoms with Gasteiger partial charge in [0.15, 0.2) is 0 Å². The van der Waals surface area contributed by atoms with Crippen LogP contribution in [-0.4, -0.2) is 35.6 Å². The van der Waals surface area contributed by atoms with Crippen molar-refractivity contribution in [3.63, 3.8) is 0 Å². The van der Waals surface area contributed by atoms with Gasteiger partial charge in [0.25, 0.3) is 0 Å². The van der Waals surface area contributed by atoms with E-state index in [4.69, 9.17) is 13.6 Å². The first-order valence-electron chi connectivity index (χ1n) is 8.51. The minimum Gasteiger partial charge on any atom is -0.468 e. The molecule has 6 heteroatoms. The van der Waals surface area contributed by atoms with Crippen LogP contribution in [0.1, 0.15) is 30.8 Å². The Morgan fingerprint density at radius 1 is 1.12 bits per heavy atom. The lowest BCUT2D eigenvalue weighted by atomic mass is 9.98. The molecule has 2 aliphatic heterocycles. The number of nitrogens with one attached hydrogen (secondary N) is 1. The minimum atomic E-state index is -0.357. The Labute approximate surface area is 140 Å². The lowest BCUT2D eigenvalue weighted by molar-refractivity contribution is -0.144. The van der Waals surface area contributed by atoms with Crippen molar-refractivity contribution in [3.8, 4) is 0 Å². The molecule has 2 aromatic rings. The van der Waals surface area contributed by atoms with Crippen LogP contribution < -0.4 is 5.32 Å². The first-order valence-corrected chi connectivity index (χ1v) is 8.51. The number of amides is 1. The standard InChI is InChI=1S/C18H22N2O4/c21-18(19-11-13-3-1-9-22-13)17-6-5-15-16(24-17)7-8-20(15)12-14-4-2-10-23-14/h1-4,9-10,15-17H,5-8,11-12H2,(H,19,21)/t15-,16-,17+/m0/s1. The van der Waals surface area contributed by atoms with Crippen LogP contribution in [0.25, 0.3) is 0 Å². The Kier molecular flexibility index (Phi) is 4.40. The van der Waals surface area contributed by atoms with Crippen LogP contribution in [0.2, 0.25) is 0 Å². The molecule has 2 fully saturated rings. The Bertz CT molecular complexity index is 653. The minimum absolute atomic E-state index is 0.0469. The average Bonchev–Trinajstić information content (AvgIpc) is 3.35. The van der Waals surface area contributed by atoms with Crippen LogP contribution >= 0.6 is 0 Å². The number of rotatable bonds is 5. The molecular formula is C18H22N2O4. The fourth-order valence-corrected chi connectivity index (χ4v) is 3.71. The summed E-state index contributed by atoms with van der Waals surface area (Å²) in [6.07, 6.45) is 5.78. The topological polar surface area (TPSA) is 67.9 Å². The molecule has 2 aliphatic rings. The molecule has 128 valence electrons. The predicted molar refractivity (Wildman–Crippen MR) is 86.0 cm³/mol. The molecule has 0 bridgehead atoms. The third kappa shape index (κ3) is 3.25. The smallest absolute Gasteiger partial charge is 0.249 e. The highest BCUT2D eigenvalue weighted by atomic mass is 16.5. The maximum absolute atomic E-state index is 12.3. The highest BCUT2D eigenvalue weighted by Crippen LogP contribution is 2.32. The molecule has 1 N–H and O–H groups in total. The number of carbonyl (C=O) groups excluding carboxylic acids is 1. The second kappa shape index (κ2) is 6.83. The molecule has 2 saturated heterocycles. The Morgan fingerprint density at radius 3 is 2.67 bits per heavy atom. The van der Waals surface area contributed by atoms with E-state index >= 15 is 0 Å². The van der Waals surface area contributed by atoms with Gasteiger partial charge >= 0.3 is 0 Å². The molecule has 4 heterocycles. The molecule has 4 rings (SSSR count). The summed E-state index contributed by atoms with van der Waals surface area (Å²) in [4.78, 5) is 14.7. The summed E-state index contributed by atoms with van der Waals surface area (Å²) in [6, 6.07) is 7.96. The van der Waals surface area contributed by atoms with Gasteiger partial charge in [-0.15, -0.1) is 0 Å². The van der Waals surface area contributed by atoms with Crippen molar-refractivity contribution in [1.29, 1.82) is 0 Å². The van der Waals surface area contributed by atoms with Gasteiger partial charge in [0.1, 0.15) is 17.6 Å². The highest BCUT2D eigenvalue weighted by Gasteiger charge is 2.41. The zero-order valence-electron chi connectivity index (χ0n) is 13.5. The van der Waals surface area contributed by atoms with Crippen molar-refractivity contribution in [2.24, 2.45) is 0 Å². The van der Waals surface area contributed by atoms with E-state index in [-0.39, 0.29) is 18.1 Å². The first-order chi connectivity index (χ1) is 11.8. The van der Waals surface area contributed by atoms with E-state index < -0.39 is 0 Å². The van der Waals surface area contributed by atoms with Gasteiger partial charge < -0.3 is 18.9 Å². The monoisotopic (exact) mass is 330 g/mol. The number of furan rings is 2. The number of likely N-dealkylation sites (tertiary alicyclic amines) is 1. The summed E-state index contributed by atoms with van der Waals surface area (Å²) in [6.45, 7) is 2.20. The summed E-state index contributed by atoms with van der Waals surface area (Å²) >= 11 is 0. The van der Waals surface area contributed by atoms with Gasteiger partial charge in [0, 0.05) is 12.6 Å². The molecule has 2 aromatic heterocycles. The molecule has 3 atom stereocenters. The van der Waals surface area contributed by atoms with Crippen LogP contribution in [0, 0.1) is 0 Å². The molecule has 0 aromatic carbocycles. The van der Waals surface area contributed by atoms with Crippen molar-refractivity contribution in [2.75, 3.05) is 6.54 Å². The predicted octanol–water partition coefficient (Wildman–Crippen LogP) is 2.31. The fraction of sp³-hybridized carbons (Fsp3) is 0.500. The molecular weight excluding hydrogens is 308 g/mol. The van der Waals surface area contributed by atoms with Crippen molar-refractivity contribution in [3.05, 3.63) is 48.3 Å². The van der Waals surface area contributed by atoms with Crippen molar-refractivity contribution in [1.82, 2.24) is 10.2 Å². The van der Waals surface area contributed by atoms with Gasteiger partial charge in [-0.2, -0.15) is 0 Å². The third-order valence-corrected chi connectivity index (χ3v) is 4.91. The van der Waals surface area contributed by atoms with Crippen LogP contribution in [0.3, 0.4) is 0 Å². The molecule has 0 spiro atoms. The number of hydrogen-bond donors (Lipinski definition) is 1. The molecule has 6 nitrogen and oxygen atoms in total. The quantitative estimate of drug-likeness (QED) is 0.911. The third-order valence-electron chi connectivity index (χ3n) is 4.91. The van der Waals surface area contributed by atoms with E-state index in [1.807, 2.05) is 24.3 Å². The Morgan fingerprint density at radius 2 is 1.92 bits per heavy atom. The van der Waals surface area contributed by atoms with E-state index in [0.717, 1.165) is 43.9 Å². The van der Waals surface area contributed by atoms with Gasteiger partial charge in [-0.1, -0.05) is 0 Å². The molecule has 24 heavy (non-hydrogen) atoms. The maximum atomic E-state index is 12.3. The number of hydrogen-bond acceptors (Lipinski definition) is 5. The highest BCUT2D eigenvalue weighted by molar-refractivity contribution is 5.80. The summed E-state index contributed by atoms with van der Waals surface area (Å²) in [5, 5.41) is 2.90. The second-order valence-electron chi connectivity index (χ2n) is 6.44. The Balaban J connectivity index is 1.29. The summed E-state index contributed by atoms with van der Waals surface area (Å²) < 4.78 is 16.8. The lowest BCUT2D eigenvalue weighted by Crippen LogP contribution is -2.47. The van der Waals surface area contributed by atoms with Gasteiger partial charge in [-0.25, -0.2) is 0 Å². The van der Waals surface area contributed by atoms with Crippen molar-refractivity contribution in [2.45, 2.75) is 50.6 Å². The summed E-state index contributed by atoms with van der Waals surface area (Å²) in [7, 11) is 0. The molecule has 0 saturated carbocycles. The zero-order chi connectivity index (χ0) is 16.4. The van der Waals surface area contributed by atoms with Crippen LogP contribution in [0.4, 0.5) is 0 Å². The molecule has 0 aliphatic carbocycles. The summed E-state index contributed by atoms with van der Waals surface area (Å²) in [5.74, 6) is 1.69. The van der Waals surface area contributed by atoms with Gasteiger partial charge in [0.2, 0.25) is 5.91 Å². The molecule has 0 unspecified atom stereocenters. The second-order valence-corrected chi connectivity index (χ2v) is 6.44. The van der Waals surface area contributed by atoms with Crippen molar-refractivity contribution < 1.29 is 18.4 Å². The fourth-order valence-electron chi connectivity index (χ4n) is 3.71. The van der Waals surface area contributed by atoms with E-state index in [9.17, 15) is 4.79 Å². The van der Waals surface area contributed by atoms with Gasteiger partial charge in [0.05, 0.1) is 31.7 Å². The first kappa shape index (κ1) is 15.5. The van der Waals surface area contributed by atoms with Gasteiger partial charge in [-0.3, -0.25) is 9.69 Å². The normalized spacial score (nSPS) is 27.1. The number of carbonyl (C=O) groups is 1. The zero-order valence-corrected chi connectivity index (χ0v) is 13.5. The largest absolute Gasteiger partial charge is 0.468 e. The van der Waals surface area contributed by atoms with Gasteiger partial charge in [-0.05, 0) is 43.5 Å². The summed E-state index contributed by atoms with van der Waals surface area (Å²) in [5.41, 5.74) is 0. The average molecular weight is 330 g/mol. The lowest BCUT2D eigenvalue weighted by Gasteiger charge is -2.35. The van der Waals surface area contributed by atoms with Crippen LogP contribution in [-0.2, 0) is 22.6 Å². The molecule has 0 radical (unpaired) electrons. The van der Waals surface area contributed by atoms with E-state index in [1.54, 1.807) is 12.5 Å². The SMILES string of the molecule is O=C(NCc1ccco1)[C@H]1CC[C@H]2[C@H](CCN2Cc2ccco2)O1. The maximum Gasteiger partial charge on any atom is 0.249 e. The van der Waals surface area contributed by atoms with Crippen LogP contribution in [0.15, 0.2) is 45.6 Å². The number of fused-ring (bicyclic) bond motifs is 1. The van der Waals surface area contributed by atoms with E-state index in [1.165, 1.54) is 0 Å². The van der Waals surface area contributed by atoms with Crippen molar-refractivity contribution >= 4 is 5.91 Å². The van der Waals surface area contributed by atoms with E-state index in [2.05, 4.69) is 10.2 Å². The number of ether oxygens (including phenoxy) is 1. The number of nitrogens with zero attached hydrogens (tertiary/aromatic N) is 1. The Hall–Kier alpha value is -2.05. The molecule has 1 amide bonds. The van der Waals surface area contributed by atoms with Crippen LogP contribution in [0.5, 0.6) is 0 Å². The van der Waals surface area contributed by atoms with E-state index in [0.29, 0.717) is 12.6 Å².